The van der Waals surface area contributed by atoms with Gasteiger partial charge in [0.15, 0.2) is 0 Å². The summed E-state index contributed by atoms with van der Waals surface area (Å²) in [7, 11) is -2.75. The molecular formula is C23H36N2O7S. The Balaban J connectivity index is 2.05. The third-order valence-electron chi connectivity index (χ3n) is 5.30. The first-order valence-electron chi connectivity index (χ1n) is 11.3. The van der Waals surface area contributed by atoms with Gasteiger partial charge in [-0.25, -0.2) is 13.2 Å². The number of unbranched alkanes of at least 4 members (excludes halogenated alkanes) is 1. The third kappa shape index (κ3) is 8.19. The first-order chi connectivity index (χ1) is 15.5. The Hall–Kier alpha value is -2.33. The molecule has 1 fully saturated rings. The molecule has 186 valence electrons. The summed E-state index contributed by atoms with van der Waals surface area (Å²) < 4.78 is 44.3. The van der Waals surface area contributed by atoms with Crippen molar-refractivity contribution in [2.75, 3.05) is 26.8 Å². The summed E-state index contributed by atoms with van der Waals surface area (Å²) in [5.74, 6) is -0.391. The molecule has 1 unspecified atom stereocenters. The van der Waals surface area contributed by atoms with Gasteiger partial charge in [0.05, 0.1) is 18.6 Å². The van der Waals surface area contributed by atoms with Crippen molar-refractivity contribution in [3.8, 4) is 5.75 Å². The van der Waals surface area contributed by atoms with Crippen molar-refractivity contribution in [2.45, 2.75) is 69.9 Å². The predicted molar refractivity (Wildman–Crippen MR) is 124 cm³/mol. The number of benzene rings is 1. The summed E-state index contributed by atoms with van der Waals surface area (Å²) in [6.45, 7) is 8.73. The maximum atomic E-state index is 13.0. The number of likely N-dealkylation sites (tertiary alicyclic amines) is 1. The van der Waals surface area contributed by atoms with Crippen molar-refractivity contribution in [3.05, 3.63) is 24.3 Å². The van der Waals surface area contributed by atoms with E-state index in [-0.39, 0.29) is 10.8 Å². The molecule has 10 heteroatoms. The van der Waals surface area contributed by atoms with E-state index in [9.17, 15) is 18.0 Å². The first-order valence-corrected chi connectivity index (χ1v) is 12.8. The molecule has 1 aliphatic heterocycles. The van der Waals surface area contributed by atoms with E-state index in [1.165, 1.54) is 19.2 Å². The molecule has 1 amide bonds. The van der Waals surface area contributed by atoms with Crippen LogP contribution in [-0.4, -0.2) is 63.8 Å². The smallest absolute Gasteiger partial charge is 0.410 e. The molecule has 0 bridgehead atoms. The lowest BCUT2D eigenvalue weighted by molar-refractivity contribution is -0.144. The second kappa shape index (κ2) is 11.7. The number of nitrogens with one attached hydrogen (secondary N) is 1. The second-order valence-electron chi connectivity index (χ2n) is 9.10. The molecule has 1 atom stereocenters. The van der Waals surface area contributed by atoms with E-state index >= 15 is 0 Å². The summed E-state index contributed by atoms with van der Waals surface area (Å²) in [6.07, 6.45) is 2.37. The van der Waals surface area contributed by atoms with Crippen molar-refractivity contribution in [1.82, 2.24) is 9.62 Å². The van der Waals surface area contributed by atoms with Gasteiger partial charge in [-0.2, -0.15) is 4.72 Å². The van der Waals surface area contributed by atoms with E-state index in [0.29, 0.717) is 38.3 Å². The monoisotopic (exact) mass is 484 g/mol. The molecule has 33 heavy (non-hydrogen) atoms. The van der Waals surface area contributed by atoms with Gasteiger partial charge in [-0.1, -0.05) is 13.3 Å². The molecule has 2 rings (SSSR count). The quantitative estimate of drug-likeness (QED) is 0.423. The number of rotatable bonds is 9. The zero-order valence-corrected chi connectivity index (χ0v) is 20.9. The van der Waals surface area contributed by atoms with Gasteiger partial charge in [-0.15, -0.1) is 0 Å². The zero-order valence-electron chi connectivity index (χ0n) is 20.1. The normalized spacial score (nSPS) is 16.2. The lowest BCUT2D eigenvalue weighted by atomic mass is 9.90. The minimum Gasteiger partial charge on any atom is -0.494 e. The summed E-state index contributed by atoms with van der Waals surface area (Å²) in [6, 6.07) is 5.03. The van der Waals surface area contributed by atoms with E-state index in [0.717, 1.165) is 12.8 Å². The molecule has 1 N–H and O–H groups in total. The summed E-state index contributed by atoms with van der Waals surface area (Å²) in [5, 5.41) is 0. The number of sulfonamides is 1. The van der Waals surface area contributed by atoms with Crippen molar-refractivity contribution in [1.29, 1.82) is 0 Å². The fourth-order valence-corrected chi connectivity index (χ4v) is 4.74. The molecular weight excluding hydrogens is 448 g/mol. The highest BCUT2D eigenvalue weighted by atomic mass is 32.2. The SMILES string of the molecule is CCCCOc1ccc(S(=O)(=O)NC(C(=O)OC)C2CCN(C(=O)OC(C)(C)C)CC2)cc1. The average molecular weight is 485 g/mol. The highest BCUT2D eigenvalue weighted by molar-refractivity contribution is 7.89. The largest absolute Gasteiger partial charge is 0.494 e. The van der Waals surface area contributed by atoms with Crippen molar-refractivity contribution < 1.29 is 32.2 Å². The van der Waals surface area contributed by atoms with E-state index in [4.69, 9.17) is 14.2 Å². The topological polar surface area (TPSA) is 111 Å². The number of carbonyl (C=O) groups excluding carboxylic acids is 2. The maximum Gasteiger partial charge on any atom is 0.410 e. The van der Waals surface area contributed by atoms with Crippen LogP contribution in [0.2, 0.25) is 0 Å². The average Bonchev–Trinajstić information content (AvgIpc) is 2.76. The van der Waals surface area contributed by atoms with E-state index in [1.54, 1.807) is 37.8 Å². The molecule has 1 aromatic carbocycles. The molecule has 9 nitrogen and oxygen atoms in total. The van der Waals surface area contributed by atoms with Gasteiger partial charge in [0.25, 0.3) is 0 Å². The van der Waals surface area contributed by atoms with Crippen LogP contribution in [0.3, 0.4) is 0 Å². The Kier molecular flexibility index (Phi) is 9.54. The van der Waals surface area contributed by atoms with Crippen LogP contribution in [0.5, 0.6) is 5.75 Å². The van der Waals surface area contributed by atoms with Gasteiger partial charge < -0.3 is 19.1 Å². The highest BCUT2D eigenvalue weighted by Gasteiger charge is 2.37. The number of methoxy groups -OCH3 is 1. The maximum absolute atomic E-state index is 13.0. The van der Waals surface area contributed by atoms with Crippen molar-refractivity contribution in [3.63, 3.8) is 0 Å². The third-order valence-corrected chi connectivity index (χ3v) is 6.76. The number of hydrogen-bond acceptors (Lipinski definition) is 7. The van der Waals surface area contributed by atoms with Gasteiger partial charge in [-0.05, 0) is 70.2 Å². The van der Waals surface area contributed by atoms with Crippen molar-refractivity contribution in [2.24, 2.45) is 5.92 Å². The molecule has 0 radical (unpaired) electrons. The fourth-order valence-electron chi connectivity index (χ4n) is 3.49. The predicted octanol–water partition coefficient (Wildman–Crippen LogP) is 3.33. The summed E-state index contributed by atoms with van der Waals surface area (Å²) in [5.41, 5.74) is -0.602. The Morgan fingerprint density at radius 3 is 2.27 bits per heavy atom. The standard InChI is InChI=1S/C23H36N2O7S/c1-6-7-16-31-18-8-10-19(11-9-18)33(28,29)24-20(21(26)30-5)17-12-14-25(15-13-17)22(27)32-23(2,3)4/h8-11,17,20,24H,6-7,12-16H2,1-5H3. The van der Waals surface area contributed by atoms with Gasteiger partial charge >= 0.3 is 12.1 Å². The van der Waals surface area contributed by atoms with Crippen LogP contribution < -0.4 is 9.46 Å². The number of carbonyl (C=O) groups is 2. The first kappa shape index (κ1) is 26.9. The lowest BCUT2D eigenvalue weighted by Crippen LogP contribution is -2.51. The van der Waals surface area contributed by atoms with E-state index in [1.807, 2.05) is 0 Å². The molecule has 0 saturated carbocycles. The van der Waals surface area contributed by atoms with E-state index < -0.39 is 33.7 Å². The van der Waals surface area contributed by atoms with Crippen LogP contribution in [0, 0.1) is 5.92 Å². The Morgan fingerprint density at radius 1 is 1.15 bits per heavy atom. The number of hydrogen-bond donors (Lipinski definition) is 1. The molecule has 1 heterocycles. The molecule has 1 aromatic rings. The van der Waals surface area contributed by atoms with Gasteiger partial charge in [0.1, 0.15) is 17.4 Å². The van der Waals surface area contributed by atoms with Crippen LogP contribution in [0.15, 0.2) is 29.2 Å². The van der Waals surface area contributed by atoms with Crippen LogP contribution in [0.25, 0.3) is 0 Å². The van der Waals surface area contributed by atoms with Crippen LogP contribution in [0.4, 0.5) is 4.79 Å². The van der Waals surface area contributed by atoms with Gasteiger partial charge in [0, 0.05) is 13.1 Å². The number of esters is 1. The number of ether oxygens (including phenoxy) is 3. The van der Waals surface area contributed by atoms with Crippen LogP contribution in [-0.2, 0) is 24.3 Å². The highest BCUT2D eigenvalue weighted by Crippen LogP contribution is 2.25. The minimum atomic E-state index is -3.97. The zero-order chi connectivity index (χ0) is 24.6. The molecule has 0 spiro atoms. The second-order valence-corrected chi connectivity index (χ2v) is 10.8. The molecule has 1 aliphatic rings. The Bertz CT molecular complexity index is 886. The number of piperidine rings is 1. The minimum absolute atomic E-state index is 0.0328. The van der Waals surface area contributed by atoms with E-state index in [2.05, 4.69) is 11.6 Å². The number of nitrogens with zero attached hydrogens (tertiary/aromatic N) is 1. The van der Waals surface area contributed by atoms with Crippen molar-refractivity contribution >= 4 is 22.1 Å². The Labute approximate surface area is 196 Å². The van der Waals surface area contributed by atoms with Crippen LogP contribution in [0.1, 0.15) is 53.4 Å². The van der Waals surface area contributed by atoms with Crippen LogP contribution >= 0.6 is 0 Å². The summed E-state index contributed by atoms with van der Waals surface area (Å²) in [4.78, 5) is 26.3. The van der Waals surface area contributed by atoms with Gasteiger partial charge in [-0.3, -0.25) is 4.79 Å². The molecule has 0 aromatic heterocycles. The fraction of sp³-hybridized carbons (Fsp3) is 0.652. The Morgan fingerprint density at radius 2 is 1.76 bits per heavy atom. The van der Waals surface area contributed by atoms with Gasteiger partial charge in [0.2, 0.25) is 10.0 Å². The molecule has 1 saturated heterocycles. The number of amides is 1. The summed E-state index contributed by atoms with van der Waals surface area (Å²) >= 11 is 0. The lowest BCUT2D eigenvalue weighted by Gasteiger charge is -2.35. The molecule has 0 aliphatic carbocycles.